The summed E-state index contributed by atoms with van der Waals surface area (Å²) in [6.45, 7) is 32.0. The van der Waals surface area contributed by atoms with E-state index in [0.29, 0.717) is 0 Å². The van der Waals surface area contributed by atoms with E-state index in [-0.39, 0.29) is 44.9 Å². The predicted molar refractivity (Wildman–Crippen MR) is 336 cm³/mol. The molecular formula is C74H80BN3. The van der Waals surface area contributed by atoms with Gasteiger partial charge in [0.1, 0.15) is 0 Å². The van der Waals surface area contributed by atoms with Gasteiger partial charge >= 0.3 is 0 Å². The van der Waals surface area contributed by atoms with Crippen LogP contribution in [0.25, 0.3) is 33.0 Å². The summed E-state index contributed by atoms with van der Waals surface area (Å²) in [6.07, 6.45) is 9.63. The average molecular weight is 1020 g/mol. The summed E-state index contributed by atoms with van der Waals surface area (Å²) in [6, 6.07) is 60.7. The number of fused-ring (bicyclic) bond motifs is 11. The van der Waals surface area contributed by atoms with E-state index in [1.165, 1.54) is 150 Å². The molecule has 4 heterocycles. The van der Waals surface area contributed by atoms with Crippen LogP contribution >= 0.6 is 0 Å². The van der Waals surface area contributed by atoms with Crippen molar-refractivity contribution in [2.75, 3.05) is 14.7 Å². The van der Waals surface area contributed by atoms with E-state index < -0.39 is 0 Å². The number of hydrogen-bond acceptors (Lipinski definition) is 3. The maximum absolute atomic E-state index is 2.97. The van der Waals surface area contributed by atoms with Crippen molar-refractivity contribution in [1.29, 1.82) is 0 Å². The molecule has 0 aromatic heterocycles. The van der Waals surface area contributed by atoms with Crippen molar-refractivity contribution in [1.82, 2.24) is 0 Å². The second-order valence-electron chi connectivity index (χ2n) is 28.8. The number of hydrogen-bond donors (Lipinski definition) is 0. The lowest BCUT2D eigenvalue weighted by atomic mass is 9.33. The molecule has 0 bridgehead atoms. The number of anilines is 7. The van der Waals surface area contributed by atoms with E-state index in [1.54, 1.807) is 5.56 Å². The van der Waals surface area contributed by atoms with Gasteiger partial charge in [0, 0.05) is 50.5 Å². The summed E-state index contributed by atoms with van der Waals surface area (Å²) in [5.41, 5.74) is 25.6. The normalized spacial score (nSPS) is 23.9. The van der Waals surface area contributed by atoms with Gasteiger partial charge in [-0.25, -0.2) is 0 Å². The first kappa shape index (κ1) is 49.8. The Morgan fingerprint density at radius 3 is 1.64 bits per heavy atom. The molecule has 4 heteroatoms. The van der Waals surface area contributed by atoms with E-state index >= 15 is 0 Å². The first-order chi connectivity index (χ1) is 37.0. The van der Waals surface area contributed by atoms with Crippen LogP contribution in [0, 0.1) is 0 Å². The molecular weight excluding hydrogens is 942 g/mol. The molecule has 394 valence electrons. The average Bonchev–Trinajstić information content (AvgIpc) is 3.18. The van der Waals surface area contributed by atoms with E-state index in [1.807, 2.05) is 0 Å². The van der Waals surface area contributed by atoms with Gasteiger partial charge in [-0.05, 0) is 176 Å². The molecule has 2 saturated carbocycles. The molecule has 0 saturated heterocycles. The summed E-state index contributed by atoms with van der Waals surface area (Å²) < 4.78 is 0. The summed E-state index contributed by atoms with van der Waals surface area (Å²) in [7, 11) is 0. The highest BCUT2D eigenvalue weighted by atomic mass is 15.3. The molecule has 6 aliphatic rings. The van der Waals surface area contributed by atoms with Crippen LogP contribution in [0.1, 0.15) is 169 Å². The molecule has 4 unspecified atom stereocenters. The molecule has 4 aliphatic heterocycles. The fourth-order valence-electron chi connectivity index (χ4n) is 16.4. The van der Waals surface area contributed by atoms with Gasteiger partial charge in [-0.3, -0.25) is 0 Å². The van der Waals surface area contributed by atoms with Crippen LogP contribution in [0.3, 0.4) is 0 Å². The lowest BCUT2D eigenvalue weighted by molar-refractivity contribution is 0.194. The molecule has 78 heavy (non-hydrogen) atoms. The van der Waals surface area contributed by atoms with Crippen LogP contribution in [0.4, 0.5) is 39.8 Å². The van der Waals surface area contributed by atoms with E-state index in [2.05, 4.69) is 256 Å². The van der Waals surface area contributed by atoms with Crippen molar-refractivity contribution in [2.24, 2.45) is 0 Å². The van der Waals surface area contributed by atoms with Crippen LogP contribution in [-0.4, -0.2) is 17.8 Å². The zero-order valence-electron chi connectivity index (χ0n) is 49.0. The monoisotopic (exact) mass is 1020 g/mol. The molecule has 14 rings (SSSR count). The number of rotatable bonds is 4. The van der Waals surface area contributed by atoms with E-state index in [9.17, 15) is 0 Å². The summed E-state index contributed by atoms with van der Waals surface area (Å²) in [5.74, 6) is 0. The quantitative estimate of drug-likeness (QED) is 0.163. The van der Waals surface area contributed by atoms with Crippen molar-refractivity contribution < 1.29 is 0 Å². The Balaban J connectivity index is 1.13. The second kappa shape index (κ2) is 16.5. The predicted octanol–water partition coefficient (Wildman–Crippen LogP) is 18.2. The van der Waals surface area contributed by atoms with Gasteiger partial charge in [0.25, 0.3) is 6.71 Å². The van der Waals surface area contributed by atoms with Crippen LogP contribution in [0.15, 0.2) is 152 Å². The van der Waals surface area contributed by atoms with Crippen molar-refractivity contribution in [3.63, 3.8) is 0 Å². The molecule has 8 aromatic carbocycles. The minimum absolute atomic E-state index is 0.00678. The molecule has 3 nitrogen and oxygen atoms in total. The van der Waals surface area contributed by atoms with Gasteiger partial charge in [0.15, 0.2) is 0 Å². The molecule has 8 aromatic rings. The third-order valence-electron chi connectivity index (χ3n) is 21.4. The first-order valence-corrected chi connectivity index (χ1v) is 29.8. The molecule has 2 fully saturated rings. The molecule has 0 N–H and O–H groups in total. The molecule has 0 radical (unpaired) electrons. The Labute approximate surface area is 467 Å². The SMILES string of the molecule is CC(C)(C)c1ccc2c(c1)B1c3cc(-c4ccccc4)cc4c3N(c3cc(N5c6ccc(C(C)(C)C)cc6C6(C)CCCCC56C)cc(c31)N2c1ccc(C(C)(C)C)cc1-c1ccc2ccccc2c1)C1(C)CCCCC41C. The summed E-state index contributed by atoms with van der Waals surface area (Å²) in [5, 5.41) is 2.53. The Hall–Kier alpha value is -6.52. The van der Waals surface area contributed by atoms with Crippen LogP contribution in [-0.2, 0) is 27.1 Å². The highest BCUT2D eigenvalue weighted by Crippen LogP contribution is 2.65. The van der Waals surface area contributed by atoms with E-state index in [0.717, 1.165) is 12.8 Å². The number of benzene rings is 8. The van der Waals surface area contributed by atoms with Crippen LogP contribution in [0.2, 0.25) is 0 Å². The maximum Gasteiger partial charge on any atom is 0.252 e. The summed E-state index contributed by atoms with van der Waals surface area (Å²) in [4.78, 5) is 8.61. The van der Waals surface area contributed by atoms with E-state index in [4.69, 9.17) is 0 Å². The largest absolute Gasteiger partial charge is 0.335 e. The van der Waals surface area contributed by atoms with Crippen LogP contribution in [0.5, 0.6) is 0 Å². The van der Waals surface area contributed by atoms with Gasteiger partial charge in [-0.2, -0.15) is 0 Å². The molecule has 0 spiro atoms. The second-order valence-corrected chi connectivity index (χ2v) is 28.8. The van der Waals surface area contributed by atoms with Crippen molar-refractivity contribution >= 4 is 73.7 Å². The molecule has 2 aliphatic carbocycles. The smallest absolute Gasteiger partial charge is 0.252 e. The zero-order valence-corrected chi connectivity index (χ0v) is 49.0. The van der Waals surface area contributed by atoms with Gasteiger partial charge in [0.2, 0.25) is 0 Å². The van der Waals surface area contributed by atoms with Crippen molar-refractivity contribution in [2.45, 2.75) is 180 Å². The van der Waals surface area contributed by atoms with Crippen molar-refractivity contribution in [3.05, 3.63) is 179 Å². The third-order valence-corrected chi connectivity index (χ3v) is 21.4. The van der Waals surface area contributed by atoms with Crippen molar-refractivity contribution in [3.8, 4) is 22.3 Å². The Kier molecular flexibility index (Phi) is 10.5. The zero-order chi connectivity index (χ0) is 54.3. The minimum Gasteiger partial charge on any atom is -0.335 e. The van der Waals surface area contributed by atoms with Gasteiger partial charge in [0.05, 0.1) is 16.8 Å². The first-order valence-electron chi connectivity index (χ1n) is 29.8. The van der Waals surface area contributed by atoms with Gasteiger partial charge in [-0.15, -0.1) is 0 Å². The minimum atomic E-state index is -0.147. The Morgan fingerprint density at radius 2 is 0.962 bits per heavy atom. The highest BCUT2D eigenvalue weighted by molar-refractivity contribution is 7.00. The fraction of sp³-hybridized carbons (Fsp3) is 0.378. The third kappa shape index (κ3) is 6.83. The Bertz CT molecular complexity index is 3810. The summed E-state index contributed by atoms with van der Waals surface area (Å²) >= 11 is 0. The Morgan fingerprint density at radius 1 is 0.397 bits per heavy atom. The standard InChI is InChI=1S/C74H80BN3/c1-68(2,3)52-29-32-61(56(42-52)50-28-27-48-25-17-18-26-49(48)39-50)76-63-34-31-54(70(7,8)9)44-59(63)75-60-41-51(47-23-15-14-16-24-47)40-58-67(60)78(74(13)38-22-20-36-72(58,74)11)65-46-55(45-64(76)66(65)75)77-62-33-30-53(69(4,5)6)43-57(62)71(10)35-19-21-37-73(71,77)12/h14-18,23-34,39-46H,19-22,35-38H2,1-13H3. The highest BCUT2D eigenvalue weighted by Gasteiger charge is 2.63. The molecule has 4 atom stereocenters. The lowest BCUT2D eigenvalue weighted by Crippen LogP contribution is -2.64. The molecule has 0 amide bonds. The fourth-order valence-corrected chi connectivity index (χ4v) is 16.4. The van der Waals surface area contributed by atoms with Crippen LogP contribution < -0.4 is 31.1 Å². The maximum atomic E-state index is 2.97. The number of nitrogens with zero attached hydrogens (tertiary/aromatic N) is 3. The topological polar surface area (TPSA) is 9.72 Å². The van der Waals surface area contributed by atoms with Gasteiger partial charge in [-0.1, -0.05) is 205 Å². The van der Waals surface area contributed by atoms with Gasteiger partial charge < -0.3 is 14.7 Å². The lowest BCUT2D eigenvalue weighted by Gasteiger charge is -2.54.